The summed E-state index contributed by atoms with van der Waals surface area (Å²) in [6.45, 7) is 2.30. The average Bonchev–Trinajstić information content (AvgIpc) is 2.74. The molecule has 1 fully saturated rings. The van der Waals surface area contributed by atoms with Gasteiger partial charge < -0.3 is 10.3 Å². The van der Waals surface area contributed by atoms with E-state index < -0.39 is 0 Å². The lowest BCUT2D eigenvalue weighted by atomic mass is 9.84. The van der Waals surface area contributed by atoms with E-state index in [-0.39, 0.29) is 0 Å². The van der Waals surface area contributed by atoms with E-state index in [1.54, 1.807) is 0 Å². The zero-order chi connectivity index (χ0) is 13.4. The lowest BCUT2D eigenvalue weighted by Gasteiger charge is -2.29. The number of rotatable bonds is 2. The molecule has 1 aliphatic rings. The molecule has 1 heterocycles. The van der Waals surface area contributed by atoms with Gasteiger partial charge >= 0.3 is 0 Å². The standard InChI is InChI=1S/C15H20IN3/c1-2-10-3-6-12(7-4-10)19-14-8-5-11(16)9-13(14)18-15(19)17/h5,8-10,12H,2-4,6-7H2,1H3,(H2,17,18). The van der Waals surface area contributed by atoms with Gasteiger partial charge in [0.05, 0.1) is 11.0 Å². The summed E-state index contributed by atoms with van der Waals surface area (Å²) in [5, 5.41) is 0. The van der Waals surface area contributed by atoms with Crippen LogP contribution in [0.15, 0.2) is 18.2 Å². The molecule has 102 valence electrons. The SMILES string of the molecule is CCC1CCC(n2c(N)nc3cc(I)ccc32)CC1. The number of nitrogens with two attached hydrogens (primary N) is 1. The minimum atomic E-state index is 0.535. The molecule has 0 bridgehead atoms. The molecule has 0 radical (unpaired) electrons. The zero-order valence-corrected chi connectivity index (χ0v) is 13.4. The van der Waals surface area contributed by atoms with Crippen molar-refractivity contribution in [1.82, 2.24) is 9.55 Å². The number of aromatic nitrogens is 2. The van der Waals surface area contributed by atoms with Crippen LogP contribution < -0.4 is 5.73 Å². The molecule has 19 heavy (non-hydrogen) atoms. The van der Waals surface area contributed by atoms with Gasteiger partial charge in [0.1, 0.15) is 0 Å². The molecule has 1 aromatic carbocycles. The lowest BCUT2D eigenvalue weighted by molar-refractivity contribution is 0.275. The van der Waals surface area contributed by atoms with Gasteiger partial charge in [-0.3, -0.25) is 0 Å². The minimum Gasteiger partial charge on any atom is -0.369 e. The summed E-state index contributed by atoms with van der Waals surface area (Å²) in [7, 11) is 0. The summed E-state index contributed by atoms with van der Waals surface area (Å²) >= 11 is 2.32. The van der Waals surface area contributed by atoms with Crippen LogP contribution in [-0.2, 0) is 0 Å². The van der Waals surface area contributed by atoms with Crippen molar-refractivity contribution in [2.75, 3.05) is 5.73 Å². The van der Waals surface area contributed by atoms with E-state index in [9.17, 15) is 0 Å². The van der Waals surface area contributed by atoms with Crippen LogP contribution >= 0.6 is 22.6 Å². The summed E-state index contributed by atoms with van der Waals surface area (Å²) in [6, 6.07) is 6.94. The topological polar surface area (TPSA) is 43.8 Å². The second-order valence-corrected chi connectivity index (χ2v) is 6.80. The molecule has 0 atom stereocenters. The first-order chi connectivity index (χ1) is 9.19. The van der Waals surface area contributed by atoms with Crippen molar-refractivity contribution in [3.63, 3.8) is 0 Å². The predicted octanol–water partition coefficient (Wildman–Crippen LogP) is 4.36. The number of imidazole rings is 1. The van der Waals surface area contributed by atoms with Crippen LogP contribution in [0.3, 0.4) is 0 Å². The van der Waals surface area contributed by atoms with Crippen LogP contribution in [0.2, 0.25) is 0 Å². The molecule has 0 saturated heterocycles. The largest absolute Gasteiger partial charge is 0.369 e. The first kappa shape index (κ1) is 13.2. The molecule has 3 nitrogen and oxygen atoms in total. The highest BCUT2D eigenvalue weighted by Crippen LogP contribution is 2.37. The third-order valence-corrected chi connectivity index (χ3v) is 5.11. The normalized spacial score (nSPS) is 23.9. The Balaban J connectivity index is 1.94. The molecule has 1 aromatic heterocycles. The minimum absolute atomic E-state index is 0.535. The third kappa shape index (κ3) is 2.47. The monoisotopic (exact) mass is 369 g/mol. The Hall–Kier alpha value is -0.780. The Kier molecular flexibility index (Phi) is 3.69. The number of anilines is 1. The van der Waals surface area contributed by atoms with Crippen molar-refractivity contribution in [2.24, 2.45) is 5.92 Å². The quantitative estimate of drug-likeness (QED) is 0.800. The molecule has 0 aliphatic heterocycles. The van der Waals surface area contributed by atoms with E-state index in [1.807, 2.05) is 0 Å². The molecule has 2 aromatic rings. The Morgan fingerprint density at radius 2 is 2.05 bits per heavy atom. The van der Waals surface area contributed by atoms with Crippen LogP contribution in [0.4, 0.5) is 5.95 Å². The van der Waals surface area contributed by atoms with Crippen LogP contribution in [0.25, 0.3) is 11.0 Å². The Morgan fingerprint density at radius 1 is 1.32 bits per heavy atom. The van der Waals surface area contributed by atoms with Crippen molar-refractivity contribution in [3.8, 4) is 0 Å². The maximum absolute atomic E-state index is 6.15. The third-order valence-electron chi connectivity index (χ3n) is 4.44. The zero-order valence-electron chi connectivity index (χ0n) is 11.3. The van der Waals surface area contributed by atoms with E-state index in [2.05, 4.69) is 57.3 Å². The Bertz CT molecular complexity index is 582. The van der Waals surface area contributed by atoms with Gasteiger partial charge in [0.2, 0.25) is 5.95 Å². The van der Waals surface area contributed by atoms with Gasteiger partial charge in [-0.25, -0.2) is 4.98 Å². The predicted molar refractivity (Wildman–Crippen MR) is 88.1 cm³/mol. The first-order valence-corrected chi connectivity index (χ1v) is 8.20. The number of hydrogen-bond acceptors (Lipinski definition) is 2. The van der Waals surface area contributed by atoms with Crippen LogP contribution in [0.1, 0.15) is 45.1 Å². The second-order valence-electron chi connectivity index (χ2n) is 5.56. The van der Waals surface area contributed by atoms with Gasteiger partial charge in [-0.1, -0.05) is 13.3 Å². The number of fused-ring (bicyclic) bond motifs is 1. The van der Waals surface area contributed by atoms with E-state index in [0.717, 1.165) is 11.4 Å². The van der Waals surface area contributed by atoms with Gasteiger partial charge in [0.25, 0.3) is 0 Å². The van der Waals surface area contributed by atoms with Gasteiger partial charge in [0.15, 0.2) is 0 Å². The summed E-state index contributed by atoms with van der Waals surface area (Å²) < 4.78 is 3.47. The molecule has 1 saturated carbocycles. The fraction of sp³-hybridized carbons (Fsp3) is 0.533. The van der Waals surface area contributed by atoms with Crippen LogP contribution in [0.5, 0.6) is 0 Å². The molecule has 1 aliphatic carbocycles. The molecule has 3 rings (SSSR count). The molecule has 2 N–H and O–H groups in total. The number of nitrogen functional groups attached to an aromatic ring is 1. The van der Waals surface area contributed by atoms with Crippen molar-refractivity contribution < 1.29 is 0 Å². The highest BCUT2D eigenvalue weighted by molar-refractivity contribution is 14.1. The van der Waals surface area contributed by atoms with Crippen molar-refractivity contribution in [1.29, 1.82) is 0 Å². The molecule has 0 spiro atoms. The second kappa shape index (κ2) is 5.31. The van der Waals surface area contributed by atoms with Crippen molar-refractivity contribution in [3.05, 3.63) is 21.8 Å². The smallest absolute Gasteiger partial charge is 0.201 e. The highest BCUT2D eigenvalue weighted by atomic mass is 127. The lowest BCUT2D eigenvalue weighted by Crippen LogP contribution is -2.19. The van der Waals surface area contributed by atoms with Crippen LogP contribution in [-0.4, -0.2) is 9.55 Å². The van der Waals surface area contributed by atoms with Gasteiger partial charge in [-0.15, -0.1) is 0 Å². The number of halogens is 1. The fourth-order valence-electron chi connectivity index (χ4n) is 3.29. The highest BCUT2D eigenvalue weighted by Gasteiger charge is 2.24. The molecule has 4 heteroatoms. The number of benzene rings is 1. The van der Waals surface area contributed by atoms with Gasteiger partial charge in [-0.05, 0) is 72.4 Å². The van der Waals surface area contributed by atoms with Crippen LogP contribution in [0, 0.1) is 9.49 Å². The fourth-order valence-corrected chi connectivity index (χ4v) is 3.76. The summed E-state index contributed by atoms with van der Waals surface area (Å²) in [5.41, 5.74) is 8.37. The molecule has 0 amide bonds. The maximum atomic E-state index is 6.15. The van der Waals surface area contributed by atoms with Crippen molar-refractivity contribution in [2.45, 2.75) is 45.1 Å². The first-order valence-electron chi connectivity index (χ1n) is 7.12. The van der Waals surface area contributed by atoms with Crippen molar-refractivity contribution >= 4 is 39.6 Å². The summed E-state index contributed by atoms with van der Waals surface area (Å²) in [6.07, 6.45) is 6.43. The average molecular weight is 369 g/mol. The molecular formula is C15H20IN3. The number of hydrogen-bond donors (Lipinski definition) is 1. The maximum Gasteiger partial charge on any atom is 0.201 e. The van der Waals surface area contributed by atoms with Gasteiger partial charge in [0, 0.05) is 9.61 Å². The van der Waals surface area contributed by atoms with Gasteiger partial charge in [-0.2, -0.15) is 0 Å². The number of nitrogens with zero attached hydrogens (tertiary/aromatic N) is 2. The Labute approximate surface area is 127 Å². The Morgan fingerprint density at radius 3 is 2.74 bits per heavy atom. The molecule has 0 unspecified atom stereocenters. The van der Waals surface area contributed by atoms with E-state index >= 15 is 0 Å². The van der Waals surface area contributed by atoms with E-state index in [1.165, 1.54) is 41.2 Å². The summed E-state index contributed by atoms with van der Waals surface area (Å²) in [5.74, 6) is 1.59. The van der Waals surface area contributed by atoms with E-state index in [0.29, 0.717) is 12.0 Å². The summed E-state index contributed by atoms with van der Waals surface area (Å²) in [4.78, 5) is 4.52. The molecular weight excluding hydrogens is 349 g/mol. The van der Waals surface area contributed by atoms with E-state index in [4.69, 9.17) is 5.73 Å².